The van der Waals surface area contributed by atoms with Crippen LogP contribution in [0.4, 0.5) is 5.82 Å². The second-order valence-corrected chi connectivity index (χ2v) is 11.6. The fraction of sp³-hybridized carbons (Fsp3) is 0.345. The fourth-order valence-electron chi connectivity index (χ4n) is 4.51. The van der Waals surface area contributed by atoms with Gasteiger partial charge in [0.15, 0.2) is 5.82 Å². The van der Waals surface area contributed by atoms with Crippen LogP contribution in [0.3, 0.4) is 0 Å². The number of aliphatic imine (C=N–C) groups is 1. The van der Waals surface area contributed by atoms with E-state index < -0.39 is 10.0 Å². The van der Waals surface area contributed by atoms with Gasteiger partial charge in [-0.05, 0) is 43.4 Å². The van der Waals surface area contributed by atoms with Gasteiger partial charge in [-0.25, -0.2) is 23.1 Å². The number of hydrogen-bond donors (Lipinski definition) is 2. The Balaban J connectivity index is 2.04. The van der Waals surface area contributed by atoms with E-state index in [0.29, 0.717) is 18.1 Å². The largest absolute Gasteiger partial charge is 0.383 e. The SMILES string of the molecule is C=C/C(=C\N(C)C)c1cccc(-c2ncc(C(/C=N\C)=C/C(=C)C)c(N[C@H]3CC[C@H](NS(C)(=O)=O)C3)n2)c1. The van der Waals surface area contributed by atoms with Gasteiger partial charge in [0.05, 0.1) is 6.26 Å². The maximum atomic E-state index is 11.7. The molecule has 0 amide bonds. The second-order valence-electron chi connectivity index (χ2n) is 9.86. The molecule has 1 aliphatic carbocycles. The van der Waals surface area contributed by atoms with E-state index in [2.05, 4.69) is 34.3 Å². The number of anilines is 1. The molecule has 1 saturated carbocycles. The number of nitrogens with one attached hydrogen (secondary N) is 2. The summed E-state index contributed by atoms with van der Waals surface area (Å²) < 4.78 is 26.2. The lowest BCUT2D eigenvalue weighted by Gasteiger charge is -2.18. The van der Waals surface area contributed by atoms with Crippen LogP contribution in [0.25, 0.3) is 22.5 Å². The predicted octanol–water partition coefficient (Wildman–Crippen LogP) is 4.77. The summed E-state index contributed by atoms with van der Waals surface area (Å²) in [5, 5.41) is 3.57. The van der Waals surface area contributed by atoms with E-state index in [1.54, 1.807) is 19.5 Å². The zero-order valence-corrected chi connectivity index (χ0v) is 23.7. The molecule has 2 atom stereocenters. The van der Waals surface area contributed by atoms with Crippen molar-refractivity contribution in [3.8, 4) is 11.4 Å². The van der Waals surface area contributed by atoms with Crippen LogP contribution in [-0.2, 0) is 10.0 Å². The third-order valence-corrected chi connectivity index (χ3v) is 6.76. The van der Waals surface area contributed by atoms with Crippen molar-refractivity contribution in [2.75, 3.05) is 32.7 Å². The van der Waals surface area contributed by atoms with Crippen LogP contribution < -0.4 is 10.0 Å². The third kappa shape index (κ3) is 8.22. The van der Waals surface area contributed by atoms with Gasteiger partial charge in [0.2, 0.25) is 10.0 Å². The summed E-state index contributed by atoms with van der Waals surface area (Å²) in [4.78, 5) is 15.9. The highest BCUT2D eigenvalue weighted by molar-refractivity contribution is 7.88. The van der Waals surface area contributed by atoms with Crippen LogP contribution in [-0.4, -0.2) is 69.0 Å². The number of benzene rings is 1. The highest BCUT2D eigenvalue weighted by atomic mass is 32.2. The summed E-state index contributed by atoms with van der Waals surface area (Å²) in [5.41, 5.74) is 5.41. The molecule has 0 radical (unpaired) electrons. The Hall–Kier alpha value is -3.56. The van der Waals surface area contributed by atoms with Crippen molar-refractivity contribution in [2.45, 2.75) is 38.3 Å². The van der Waals surface area contributed by atoms with E-state index in [1.165, 1.54) is 6.26 Å². The van der Waals surface area contributed by atoms with Crippen LogP contribution in [0.1, 0.15) is 37.3 Å². The highest BCUT2D eigenvalue weighted by Gasteiger charge is 2.28. The molecule has 0 spiro atoms. The Morgan fingerprint density at radius 2 is 1.95 bits per heavy atom. The van der Waals surface area contributed by atoms with Gasteiger partial charge < -0.3 is 10.2 Å². The van der Waals surface area contributed by atoms with Crippen molar-refractivity contribution in [3.63, 3.8) is 0 Å². The van der Waals surface area contributed by atoms with Gasteiger partial charge in [-0.3, -0.25) is 4.99 Å². The van der Waals surface area contributed by atoms with Gasteiger partial charge in [0.1, 0.15) is 5.82 Å². The molecule has 1 aliphatic rings. The molecule has 1 aromatic heterocycles. The first kappa shape index (κ1) is 29.0. The fourth-order valence-corrected chi connectivity index (χ4v) is 5.33. The predicted molar refractivity (Wildman–Crippen MR) is 160 cm³/mol. The van der Waals surface area contributed by atoms with Gasteiger partial charge in [-0.1, -0.05) is 49.1 Å². The molecule has 0 unspecified atom stereocenters. The third-order valence-electron chi connectivity index (χ3n) is 6.00. The molecule has 9 heteroatoms. The Kier molecular flexibility index (Phi) is 9.77. The number of nitrogens with zero attached hydrogens (tertiary/aromatic N) is 4. The summed E-state index contributed by atoms with van der Waals surface area (Å²) in [6, 6.07) is 8.01. The first-order chi connectivity index (χ1) is 18.0. The number of allylic oxidation sites excluding steroid dienone is 5. The van der Waals surface area contributed by atoms with Crippen molar-refractivity contribution in [2.24, 2.45) is 4.99 Å². The second kappa shape index (κ2) is 12.8. The molecule has 2 aromatic rings. The van der Waals surface area contributed by atoms with Crippen molar-refractivity contribution in [3.05, 3.63) is 78.7 Å². The zero-order valence-electron chi connectivity index (χ0n) is 22.9. The molecule has 0 bridgehead atoms. The van der Waals surface area contributed by atoms with Crippen molar-refractivity contribution in [1.82, 2.24) is 19.6 Å². The molecular weight excluding hydrogens is 496 g/mol. The van der Waals surface area contributed by atoms with Crippen molar-refractivity contribution >= 4 is 33.2 Å². The van der Waals surface area contributed by atoms with E-state index in [4.69, 9.17) is 9.97 Å². The lowest BCUT2D eigenvalue weighted by Crippen LogP contribution is -2.33. The summed E-state index contributed by atoms with van der Waals surface area (Å²) in [6.45, 7) is 9.90. The first-order valence-corrected chi connectivity index (χ1v) is 14.4. The molecule has 1 fully saturated rings. The van der Waals surface area contributed by atoms with Crippen LogP contribution in [0.5, 0.6) is 0 Å². The average Bonchev–Trinajstić information content (AvgIpc) is 3.26. The molecule has 1 heterocycles. The normalized spacial score (nSPS) is 18.6. The van der Waals surface area contributed by atoms with Crippen LogP contribution in [0, 0.1) is 0 Å². The molecule has 202 valence electrons. The maximum absolute atomic E-state index is 11.7. The summed E-state index contributed by atoms with van der Waals surface area (Å²) in [6.07, 6.45) is 12.8. The molecular formula is C29H38N6O2S. The number of sulfonamides is 1. The zero-order chi connectivity index (χ0) is 27.9. The summed E-state index contributed by atoms with van der Waals surface area (Å²) in [5.74, 6) is 1.25. The average molecular weight is 535 g/mol. The van der Waals surface area contributed by atoms with Crippen LogP contribution in [0.2, 0.25) is 0 Å². The van der Waals surface area contributed by atoms with Gasteiger partial charge in [0, 0.05) is 68.5 Å². The van der Waals surface area contributed by atoms with Crippen molar-refractivity contribution < 1.29 is 8.42 Å². The van der Waals surface area contributed by atoms with E-state index in [9.17, 15) is 8.42 Å². The monoisotopic (exact) mass is 534 g/mol. The lowest BCUT2D eigenvalue weighted by atomic mass is 10.0. The summed E-state index contributed by atoms with van der Waals surface area (Å²) >= 11 is 0. The Morgan fingerprint density at radius 1 is 1.21 bits per heavy atom. The van der Waals surface area contributed by atoms with Crippen LogP contribution in [0.15, 0.2) is 72.5 Å². The smallest absolute Gasteiger partial charge is 0.208 e. The minimum atomic E-state index is -3.26. The van der Waals surface area contributed by atoms with E-state index >= 15 is 0 Å². The van der Waals surface area contributed by atoms with Crippen molar-refractivity contribution in [1.29, 1.82) is 0 Å². The Bertz CT molecular complexity index is 1380. The summed E-state index contributed by atoms with van der Waals surface area (Å²) in [7, 11) is 2.40. The molecule has 3 rings (SSSR count). The van der Waals surface area contributed by atoms with Gasteiger partial charge in [-0.15, -0.1) is 0 Å². The molecule has 2 N–H and O–H groups in total. The molecule has 38 heavy (non-hydrogen) atoms. The molecule has 1 aromatic carbocycles. The first-order valence-electron chi connectivity index (χ1n) is 12.5. The molecule has 0 aliphatic heterocycles. The minimum Gasteiger partial charge on any atom is -0.383 e. The maximum Gasteiger partial charge on any atom is 0.208 e. The van der Waals surface area contributed by atoms with Crippen LogP contribution >= 0.6 is 0 Å². The standard InChI is InChI=1S/C29H38N6O2S/c1-8-21(19-35(5)6)22-10-9-11-23(15-22)28-31-18-27(24(17-30-4)14-20(2)3)29(33-28)32-25-12-13-26(16-25)34-38(7,36)37/h8-11,14-15,17-19,25-26,34H,1-2,12-13,16H2,3-7H3,(H,31,32,33)/b21-19+,24-14+,30-17-/t25-,26-/m0/s1. The number of rotatable bonds is 11. The number of aromatic nitrogens is 2. The van der Waals surface area contributed by atoms with Gasteiger partial charge in [-0.2, -0.15) is 0 Å². The Labute approximate surface area is 227 Å². The Morgan fingerprint density at radius 3 is 2.58 bits per heavy atom. The van der Waals surface area contributed by atoms with Gasteiger partial charge >= 0.3 is 0 Å². The molecule has 0 saturated heterocycles. The topological polar surface area (TPSA) is 99.6 Å². The lowest BCUT2D eigenvalue weighted by molar-refractivity contribution is 0.556. The molecule has 8 nitrogen and oxygen atoms in total. The number of hydrogen-bond acceptors (Lipinski definition) is 7. The minimum absolute atomic E-state index is 0.0575. The highest BCUT2D eigenvalue weighted by Crippen LogP contribution is 2.30. The van der Waals surface area contributed by atoms with E-state index in [-0.39, 0.29) is 12.1 Å². The van der Waals surface area contributed by atoms with Gasteiger partial charge in [0.25, 0.3) is 0 Å². The van der Waals surface area contributed by atoms with E-state index in [1.807, 2.05) is 62.5 Å². The van der Waals surface area contributed by atoms with E-state index in [0.717, 1.165) is 46.3 Å². The quantitative estimate of drug-likeness (QED) is 0.318.